The number of hydrogen-bond acceptors (Lipinski definition) is 5. The van der Waals surface area contributed by atoms with Gasteiger partial charge in [-0.05, 0) is 63.8 Å². The molecule has 7 nitrogen and oxygen atoms in total. The lowest BCUT2D eigenvalue weighted by Gasteiger charge is -2.49. The molecule has 3 amide bonds. The summed E-state index contributed by atoms with van der Waals surface area (Å²) in [5, 5.41) is 14.4. The average Bonchev–Trinajstić information content (AvgIpc) is 2.89. The predicted octanol–water partition coefficient (Wildman–Crippen LogP) is 4.40. The molecule has 196 valence electrons. The molecule has 0 radical (unpaired) electrons. The SMILES string of the molecule is CN1C(=O)N(CC(=O)C2CNCCC23CCCCCCCCC3)C(=O)C(C)(C2=CCCCC2)C1O. The van der Waals surface area contributed by atoms with E-state index in [1.807, 2.05) is 6.08 Å². The molecule has 0 bridgehead atoms. The van der Waals surface area contributed by atoms with Gasteiger partial charge in [0.1, 0.15) is 11.6 Å². The molecule has 0 aromatic rings. The maximum Gasteiger partial charge on any atom is 0.328 e. The van der Waals surface area contributed by atoms with Crippen LogP contribution in [0.1, 0.15) is 96.8 Å². The van der Waals surface area contributed by atoms with Crippen molar-refractivity contribution in [2.75, 3.05) is 26.7 Å². The Morgan fingerprint density at radius 1 is 1.03 bits per heavy atom. The number of nitrogens with zero attached hydrogens (tertiary/aromatic N) is 2. The molecule has 2 aliphatic heterocycles. The summed E-state index contributed by atoms with van der Waals surface area (Å²) in [4.78, 5) is 43.2. The first kappa shape index (κ1) is 26.3. The van der Waals surface area contributed by atoms with Gasteiger partial charge in [-0.3, -0.25) is 14.5 Å². The largest absolute Gasteiger partial charge is 0.372 e. The summed E-state index contributed by atoms with van der Waals surface area (Å²) in [7, 11) is 1.53. The summed E-state index contributed by atoms with van der Waals surface area (Å²) < 4.78 is 0. The number of allylic oxidation sites excluding steroid dienone is 1. The summed E-state index contributed by atoms with van der Waals surface area (Å²) in [6.45, 7) is 3.08. The third-order valence-corrected chi connectivity index (χ3v) is 9.50. The van der Waals surface area contributed by atoms with Crippen LogP contribution in [0.5, 0.6) is 0 Å². The highest BCUT2D eigenvalue weighted by Gasteiger charge is 2.56. The first-order valence-corrected chi connectivity index (χ1v) is 14.0. The molecule has 1 spiro atoms. The van der Waals surface area contributed by atoms with E-state index in [1.165, 1.54) is 44.1 Å². The zero-order valence-electron chi connectivity index (χ0n) is 21.8. The van der Waals surface area contributed by atoms with E-state index in [-0.39, 0.29) is 23.7 Å². The normalized spacial score (nSPS) is 32.9. The Kier molecular flexibility index (Phi) is 8.37. The van der Waals surface area contributed by atoms with Gasteiger partial charge in [-0.2, -0.15) is 0 Å². The van der Waals surface area contributed by atoms with Gasteiger partial charge < -0.3 is 15.3 Å². The second kappa shape index (κ2) is 11.1. The third kappa shape index (κ3) is 5.08. The second-order valence-electron chi connectivity index (χ2n) is 11.6. The van der Waals surface area contributed by atoms with Crippen molar-refractivity contribution in [3.05, 3.63) is 11.6 Å². The minimum absolute atomic E-state index is 0.0132. The van der Waals surface area contributed by atoms with Crippen molar-refractivity contribution in [2.45, 2.75) is 103 Å². The first-order valence-electron chi connectivity index (χ1n) is 14.0. The number of piperidine rings is 1. The summed E-state index contributed by atoms with van der Waals surface area (Å²) in [6, 6.07) is -0.575. The van der Waals surface area contributed by atoms with E-state index in [4.69, 9.17) is 0 Å². The second-order valence-corrected chi connectivity index (χ2v) is 11.6. The lowest BCUT2D eigenvalue weighted by molar-refractivity contribution is -0.159. The van der Waals surface area contributed by atoms with Crippen molar-refractivity contribution in [1.82, 2.24) is 15.1 Å². The van der Waals surface area contributed by atoms with Crippen LogP contribution in [0.3, 0.4) is 0 Å². The van der Waals surface area contributed by atoms with Gasteiger partial charge >= 0.3 is 6.03 Å². The first-order chi connectivity index (χ1) is 16.8. The molecule has 3 atom stereocenters. The Hall–Kier alpha value is -1.73. The zero-order chi connectivity index (χ0) is 25.1. The molecule has 35 heavy (non-hydrogen) atoms. The molecule has 3 fully saturated rings. The highest BCUT2D eigenvalue weighted by atomic mass is 16.3. The van der Waals surface area contributed by atoms with E-state index in [2.05, 4.69) is 5.32 Å². The van der Waals surface area contributed by atoms with Gasteiger partial charge in [0.15, 0.2) is 5.78 Å². The van der Waals surface area contributed by atoms with Crippen LogP contribution in [-0.4, -0.2) is 65.5 Å². The van der Waals surface area contributed by atoms with E-state index < -0.39 is 23.6 Å². The number of aliphatic hydroxyl groups excluding tert-OH is 1. The van der Waals surface area contributed by atoms with Crippen LogP contribution in [0.25, 0.3) is 0 Å². The molecule has 2 saturated heterocycles. The smallest absolute Gasteiger partial charge is 0.328 e. The van der Waals surface area contributed by atoms with Crippen LogP contribution in [0, 0.1) is 16.7 Å². The van der Waals surface area contributed by atoms with Gasteiger partial charge in [-0.25, -0.2) is 4.79 Å². The number of urea groups is 1. The summed E-state index contributed by atoms with van der Waals surface area (Å²) in [6.07, 6.45) is 16.1. The van der Waals surface area contributed by atoms with Crippen LogP contribution < -0.4 is 5.32 Å². The van der Waals surface area contributed by atoms with E-state index >= 15 is 0 Å². The highest BCUT2D eigenvalue weighted by Crippen LogP contribution is 2.46. The molecule has 2 heterocycles. The van der Waals surface area contributed by atoms with Crippen LogP contribution >= 0.6 is 0 Å². The average molecular weight is 488 g/mol. The quantitative estimate of drug-likeness (QED) is 0.574. The molecule has 0 aromatic heterocycles. The number of Topliss-reactive ketones (excluding diaryl/α,β-unsaturated/α-hetero) is 1. The Labute approximate surface area is 210 Å². The number of nitrogens with one attached hydrogen (secondary N) is 1. The van der Waals surface area contributed by atoms with Crippen molar-refractivity contribution in [3.8, 4) is 0 Å². The summed E-state index contributed by atoms with van der Waals surface area (Å²) >= 11 is 0. The number of imide groups is 1. The maximum atomic E-state index is 13.9. The number of hydrogen-bond donors (Lipinski definition) is 2. The molecule has 2 N–H and O–H groups in total. The van der Waals surface area contributed by atoms with Gasteiger partial charge in [0, 0.05) is 19.5 Å². The van der Waals surface area contributed by atoms with E-state index in [1.54, 1.807) is 6.92 Å². The molecule has 7 heteroatoms. The van der Waals surface area contributed by atoms with Gasteiger partial charge in [0.2, 0.25) is 5.91 Å². The Balaban J connectivity index is 1.57. The number of carbonyl (C=O) groups is 3. The number of amides is 3. The maximum absolute atomic E-state index is 13.9. The lowest BCUT2D eigenvalue weighted by Crippen LogP contribution is -2.67. The fraction of sp³-hybridized carbons (Fsp3) is 0.821. The highest BCUT2D eigenvalue weighted by molar-refractivity contribution is 6.05. The van der Waals surface area contributed by atoms with E-state index in [0.717, 1.165) is 74.8 Å². The summed E-state index contributed by atoms with van der Waals surface area (Å²) in [5.74, 6) is -0.632. The Morgan fingerprint density at radius 3 is 2.31 bits per heavy atom. The Bertz CT molecular complexity index is 830. The molecule has 0 aromatic carbocycles. The van der Waals surface area contributed by atoms with Gasteiger partial charge in [0.05, 0.1) is 6.54 Å². The zero-order valence-corrected chi connectivity index (χ0v) is 21.8. The van der Waals surface area contributed by atoms with E-state index in [9.17, 15) is 19.5 Å². The topological polar surface area (TPSA) is 90.0 Å². The third-order valence-electron chi connectivity index (χ3n) is 9.50. The fourth-order valence-electron chi connectivity index (χ4n) is 7.17. The monoisotopic (exact) mass is 487 g/mol. The Morgan fingerprint density at radius 2 is 1.69 bits per heavy atom. The lowest BCUT2D eigenvalue weighted by atomic mass is 9.63. The van der Waals surface area contributed by atoms with E-state index in [0.29, 0.717) is 6.54 Å². The molecular formula is C28H45N3O4. The van der Waals surface area contributed by atoms with Gasteiger partial charge in [0.25, 0.3) is 0 Å². The number of rotatable bonds is 4. The van der Waals surface area contributed by atoms with Crippen molar-refractivity contribution >= 4 is 17.7 Å². The predicted molar refractivity (Wildman–Crippen MR) is 136 cm³/mol. The van der Waals surface area contributed by atoms with Crippen LogP contribution in [0.15, 0.2) is 11.6 Å². The molecule has 2 aliphatic carbocycles. The van der Waals surface area contributed by atoms with Crippen LogP contribution in [0.2, 0.25) is 0 Å². The number of aliphatic hydroxyl groups is 1. The molecule has 3 unspecified atom stereocenters. The molecule has 1 saturated carbocycles. The minimum atomic E-state index is -1.22. The standard InChI is InChI=1S/C28H45N3O4/c1-27(21-13-9-8-10-14-21)24(33)30(2)26(35)31(25(27)34)20-23(32)22-19-29-18-17-28(22)15-11-6-4-3-5-7-12-16-28/h13,22,24,29,33H,3-12,14-20H2,1-2H3. The number of carbonyl (C=O) groups excluding carboxylic acids is 3. The van der Waals surface area contributed by atoms with Crippen molar-refractivity contribution in [2.24, 2.45) is 16.7 Å². The number of ketones is 1. The van der Waals surface area contributed by atoms with Gasteiger partial charge in [-0.15, -0.1) is 0 Å². The van der Waals surface area contributed by atoms with Crippen molar-refractivity contribution in [1.29, 1.82) is 0 Å². The molecular weight excluding hydrogens is 442 g/mol. The van der Waals surface area contributed by atoms with Crippen LogP contribution in [0.4, 0.5) is 4.79 Å². The van der Waals surface area contributed by atoms with Gasteiger partial charge in [-0.1, -0.05) is 56.6 Å². The fourth-order valence-corrected chi connectivity index (χ4v) is 7.17. The van der Waals surface area contributed by atoms with Crippen molar-refractivity contribution in [3.63, 3.8) is 0 Å². The summed E-state index contributed by atoms with van der Waals surface area (Å²) in [5.41, 5.74) is -0.356. The van der Waals surface area contributed by atoms with Crippen LogP contribution in [-0.2, 0) is 9.59 Å². The molecule has 4 rings (SSSR count). The van der Waals surface area contributed by atoms with Crippen molar-refractivity contribution < 1.29 is 19.5 Å². The minimum Gasteiger partial charge on any atom is -0.372 e. The molecule has 4 aliphatic rings.